The van der Waals surface area contributed by atoms with Gasteiger partial charge in [-0.2, -0.15) is 0 Å². The van der Waals surface area contributed by atoms with Crippen LogP contribution in [0.5, 0.6) is 0 Å². The molecule has 0 unspecified atom stereocenters. The standard InChI is InChI=1S/C24H38N6O/c1-5-19-8-7-9-21-20(16-27-23(19)21)10-11-26-24(25-6-2)30-14-12-29(13-15-30)17-22(31)28-18(3)4/h7-9,16,18,27H,5-6,10-15,17H2,1-4H3,(H,25,26)(H,28,31). The number of piperazine rings is 1. The molecule has 7 nitrogen and oxygen atoms in total. The number of H-pyrrole nitrogens is 1. The zero-order valence-corrected chi connectivity index (χ0v) is 19.5. The Balaban J connectivity index is 1.56. The Hall–Kier alpha value is -2.54. The third-order valence-corrected chi connectivity index (χ3v) is 5.73. The SMILES string of the molecule is CCNC(=NCCc1c[nH]c2c(CC)cccc12)N1CCN(CC(=O)NC(C)C)CC1. The Labute approximate surface area is 186 Å². The van der Waals surface area contributed by atoms with Gasteiger partial charge in [-0.3, -0.25) is 14.7 Å². The number of para-hydroxylation sites is 1. The average molecular weight is 427 g/mol. The quantitative estimate of drug-likeness (QED) is 0.448. The minimum atomic E-state index is 0.106. The number of carbonyl (C=O) groups excluding carboxylic acids is 1. The van der Waals surface area contributed by atoms with E-state index >= 15 is 0 Å². The lowest BCUT2D eigenvalue weighted by molar-refractivity contribution is -0.123. The zero-order valence-electron chi connectivity index (χ0n) is 19.5. The highest BCUT2D eigenvalue weighted by molar-refractivity contribution is 5.86. The molecule has 0 bridgehead atoms. The number of rotatable bonds is 8. The van der Waals surface area contributed by atoms with Crippen LogP contribution in [-0.4, -0.2) is 78.5 Å². The van der Waals surface area contributed by atoms with Crippen LogP contribution in [-0.2, 0) is 17.6 Å². The molecule has 1 amide bonds. The van der Waals surface area contributed by atoms with Crippen molar-refractivity contribution in [2.24, 2.45) is 4.99 Å². The molecule has 0 radical (unpaired) electrons. The molecule has 0 atom stereocenters. The molecular formula is C24H38N6O. The van der Waals surface area contributed by atoms with E-state index in [1.165, 1.54) is 22.0 Å². The van der Waals surface area contributed by atoms with Gasteiger partial charge in [0.05, 0.1) is 6.54 Å². The van der Waals surface area contributed by atoms with Crippen molar-refractivity contribution < 1.29 is 4.79 Å². The molecular weight excluding hydrogens is 388 g/mol. The first kappa shape index (κ1) is 23.1. The largest absolute Gasteiger partial charge is 0.361 e. The minimum absolute atomic E-state index is 0.106. The summed E-state index contributed by atoms with van der Waals surface area (Å²) in [7, 11) is 0. The van der Waals surface area contributed by atoms with Crippen molar-refractivity contribution in [3.63, 3.8) is 0 Å². The van der Waals surface area contributed by atoms with E-state index in [0.29, 0.717) is 6.54 Å². The van der Waals surface area contributed by atoms with Crippen LogP contribution in [0.15, 0.2) is 29.4 Å². The number of carbonyl (C=O) groups is 1. The summed E-state index contributed by atoms with van der Waals surface area (Å²) in [5, 5.41) is 7.73. The number of aromatic nitrogens is 1. The molecule has 1 aliphatic rings. The molecule has 31 heavy (non-hydrogen) atoms. The number of aromatic amines is 1. The lowest BCUT2D eigenvalue weighted by atomic mass is 10.1. The molecule has 1 aromatic heterocycles. The van der Waals surface area contributed by atoms with Crippen LogP contribution in [0.1, 0.15) is 38.8 Å². The molecule has 1 saturated heterocycles. The number of aryl methyl sites for hydroxylation is 1. The van der Waals surface area contributed by atoms with Gasteiger partial charge in [-0.05, 0) is 44.7 Å². The molecule has 1 fully saturated rings. The van der Waals surface area contributed by atoms with Crippen molar-refractivity contribution >= 4 is 22.8 Å². The smallest absolute Gasteiger partial charge is 0.234 e. The first-order valence-electron chi connectivity index (χ1n) is 11.6. The highest BCUT2D eigenvalue weighted by atomic mass is 16.2. The molecule has 2 heterocycles. The highest BCUT2D eigenvalue weighted by Crippen LogP contribution is 2.22. The number of amides is 1. The Morgan fingerprint density at radius 2 is 1.94 bits per heavy atom. The van der Waals surface area contributed by atoms with Crippen LogP contribution in [0, 0.1) is 0 Å². The fourth-order valence-electron chi connectivity index (χ4n) is 4.17. The molecule has 0 aliphatic carbocycles. The lowest BCUT2D eigenvalue weighted by Crippen LogP contribution is -2.54. The summed E-state index contributed by atoms with van der Waals surface area (Å²) >= 11 is 0. The summed E-state index contributed by atoms with van der Waals surface area (Å²) < 4.78 is 0. The summed E-state index contributed by atoms with van der Waals surface area (Å²) in [5.41, 5.74) is 3.94. The monoisotopic (exact) mass is 426 g/mol. The van der Waals surface area contributed by atoms with Crippen molar-refractivity contribution in [2.75, 3.05) is 45.8 Å². The normalized spacial score (nSPS) is 15.6. The van der Waals surface area contributed by atoms with Gasteiger partial charge in [0.2, 0.25) is 5.91 Å². The summed E-state index contributed by atoms with van der Waals surface area (Å²) in [6.07, 6.45) is 4.08. The number of guanidine groups is 1. The fourth-order valence-corrected chi connectivity index (χ4v) is 4.17. The maximum Gasteiger partial charge on any atom is 0.234 e. The van der Waals surface area contributed by atoms with Crippen LogP contribution < -0.4 is 10.6 Å². The number of aliphatic imine (C=N–C) groups is 1. The molecule has 1 aromatic carbocycles. The van der Waals surface area contributed by atoms with Crippen LogP contribution >= 0.6 is 0 Å². The second-order valence-electron chi connectivity index (χ2n) is 8.48. The number of benzene rings is 1. The van der Waals surface area contributed by atoms with Crippen LogP contribution in [0.25, 0.3) is 10.9 Å². The molecule has 3 N–H and O–H groups in total. The second-order valence-corrected chi connectivity index (χ2v) is 8.48. The van der Waals surface area contributed by atoms with E-state index in [4.69, 9.17) is 4.99 Å². The summed E-state index contributed by atoms with van der Waals surface area (Å²) in [6, 6.07) is 6.72. The van der Waals surface area contributed by atoms with Crippen LogP contribution in [0.4, 0.5) is 0 Å². The number of nitrogens with one attached hydrogen (secondary N) is 3. The Kier molecular flexibility index (Phi) is 8.35. The van der Waals surface area contributed by atoms with Crippen molar-refractivity contribution in [1.82, 2.24) is 25.4 Å². The van der Waals surface area contributed by atoms with E-state index in [2.05, 4.69) is 63.7 Å². The minimum Gasteiger partial charge on any atom is -0.361 e. The number of hydrogen-bond donors (Lipinski definition) is 3. The van der Waals surface area contributed by atoms with Gasteiger partial charge >= 0.3 is 0 Å². The van der Waals surface area contributed by atoms with Gasteiger partial charge in [-0.25, -0.2) is 0 Å². The second kappa shape index (κ2) is 11.2. The molecule has 170 valence electrons. The van der Waals surface area contributed by atoms with Crippen LogP contribution in [0.2, 0.25) is 0 Å². The molecule has 7 heteroatoms. The predicted molar refractivity (Wildman–Crippen MR) is 129 cm³/mol. The van der Waals surface area contributed by atoms with E-state index < -0.39 is 0 Å². The highest BCUT2D eigenvalue weighted by Gasteiger charge is 2.21. The topological polar surface area (TPSA) is 75.8 Å². The molecule has 0 saturated carbocycles. The number of fused-ring (bicyclic) bond motifs is 1. The van der Waals surface area contributed by atoms with Crippen molar-refractivity contribution in [2.45, 2.75) is 46.6 Å². The average Bonchev–Trinajstić information content (AvgIpc) is 3.16. The van der Waals surface area contributed by atoms with E-state index in [-0.39, 0.29) is 11.9 Å². The molecule has 2 aromatic rings. The van der Waals surface area contributed by atoms with E-state index in [1.54, 1.807) is 0 Å². The van der Waals surface area contributed by atoms with Crippen molar-refractivity contribution in [1.29, 1.82) is 0 Å². The third-order valence-electron chi connectivity index (χ3n) is 5.73. The predicted octanol–water partition coefficient (Wildman–Crippen LogP) is 2.38. The summed E-state index contributed by atoms with van der Waals surface area (Å²) in [5.74, 6) is 1.08. The van der Waals surface area contributed by atoms with E-state index in [9.17, 15) is 4.79 Å². The van der Waals surface area contributed by atoms with Gasteiger partial charge in [0.15, 0.2) is 5.96 Å². The van der Waals surface area contributed by atoms with Crippen molar-refractivity contribution in [3.8, 4) is 0 Å². The van der Waals surface area contributed by atoms with Crippen LogP contribution in [0.3, 0.4) is 0 Å². The van der Waals surface area contributed by atoms with Gasteiger partial charge in [0, 0.05) is 62.4 Å². The van der Waals surface area contributed by atoms with E-state index in [0.717, 1.165) is 58.1 Å². The van der Waals surface area contributed by atoms with Gasteiger partial charge in [-0.15, -0.1) is 0 Å². The Morgan fingerprint density at radius 1 is 1.16 bits per heavy atom. The molecule has 0 spiro atoms. The Bertz CT molecular complexity index is 879. The summed E-state index contributed by atoms with van der Waals surface area (Å²) in [6.45, 7) is 13.9. The Morgan fingerprint density at radius 3 is 2.61 bits per heavy atom. The third kappa shape index (κ3) is 6.23. The van der Waals surface area contributed by atoms with Gasteiger partial charge in [-0.1, -0.05) is 25.1 Å². The lowest BCUT2D eigenvalue weighted by Gasteiger charge is -2.36. The van der Waals surface area contributed by atoms with Crippen molar-refractivity contribution in [3.05, 3.63) is 35.5 Å². The fraction of sp³-hybridized carbons (Fsp3) is 0.583. The first-order valence-corrected chi connectivity index (χ1v) is 11.6. The zero-order chi connectivity index (χ0) is 22.2. The molecule has 1 aliphatic heterocycles. The summed E-state index contributed by atoms with van der Waals surface area (Å²) in [4.78, 5) is 24.9. The van der Waals surface area contributed by atoms with Gasteiger partial charge in [0.25, 0.3) is 0 Å². The maximum atomic E-state index is 12.0. The molecule has 3 rings (SSSR count). The van der Waals surface area contributed by atoms with E-state index in [1.807, 2.05) is 13.8 Å². The van der Waals surface area contributed by atoms with Gasteiger partial charge < -0.3 is 20.5 Å². The number of nitrogens with zero attached hydrogens (tertiary/aromatic N) is 3. The first-order chi connectivity index (χ1) is 15.0. The van der Waals surface area contributed by atoms with Gasteiger partial charge in [0.1, 0.15) is 0 Å². The number of hydrogen-bond acceptors (Lipinski definition) is 3. The maximum absolute atomic E-state index is 12.0.